The number of fused-ring (bicyclic) bond motifs is 1. The van der Waals surface area contributed by atoms with Gasteiger partial charge in [-0.2, -0.15) is 0 Å². The second-order valence-electron chi connectivity index (χ2n) is 5.09. The van der Waals surface area contributed by atoms with Crippen LogP contribution in [-0.2, 0) is 4.74 Å². The largest absolute Gasteiger partial charge is 0.497 e. The van der Waals surface area contributed by atoms with Crippen LogP contribution in [0.4, 0.5) is 0 Å². The Hall–Kier alpha value is -1.59. The van der Waals surface area contributed by atoms with Crippen LogP contribution in [-0.4, -0.2) is 37.8 Å². The summed E-state index contributed by atoms with van der Waals surface area (Å²) < 4.78 is 10.7. The predicted molar refractivity (Wildman–Crippen MR) is 70.1 cm³/mol. The number of benzene rings is 1. The Kier molecular flexibility index (Phi) is 3.16. The van der Waals surface area contributed by atoms with Gasteiger partial charge in [-0.1, -0.05) is 0 Å². The average Bonchev–Trinajstić information content (AvgIpc) is 2.89. The summed E-state index contributed by atoms with van der Waals surface area (Å²) in [5.74, 6) is 1.02. The Bertz CT molecular complexity index is 474. The molecule has 2 aliphatic rings. The van der Waals surface area contributed by atoms with Crippen molar-refractivity contribution in [2.75, 3.05) is 13.7 Å². The summed E-state index contributed by atoms with van der Waals surface area (Å²) in [4.78, 5) is 12.1. The average molecular weight is 262 g/mol. The number of carbonyl (C=O) groups is 1. The van der Waals surface area contributed by atoms with E-state index in [1.807, 2.05) is 0 Å². The lowest BCUT2D eigenvalue weighted by molar-refractivity contribution is -0.0161. The van der Waals surface area contributed by atoms with Gasteiger partial charge >= 0.3 is 0 Å². The number of rotatable bonds is 3. The highest BCUT2D eigenvalue weighted by Gasteiger charge is 2.52. The van der Waals surface area contributed by atoms with Crippen molar-refractivity contribution >= 4 is 5.91 Å². The summed E-state index contributed by atoms with van der Waals surface area (Å²) in [7, 11) is 1.60. The van der Waals surface area contributed by atoms with Gasteiger partial charge in [0, 0.05) is 24.1 Å². The number of hydrogen-bond donors (Lipinski definition) is 2. The minimum absolute atomic E-state index is 0.00898. The standard InChI is InChI=1S/C14H18N2O3/c1-18-9-4-2-8(3-5-9)14(17)16-12-11(15)10-6-7-19-13(10)12/h2-5,10-13H,6-7,15H2,1H3,(H,16,17). The molecule has 0 radical (unpaired) electrons. The summed E-state index contributed by atoms with van der Waals surface area (Å²) in [6.45, 7) is 0.748. The van der Waals surface area contributed by atoms with Gasteiger partial charge in [0.25, 0.3) is 5.91 Å². The molecule has 102 valence electrons. The number of ether oxygens (including phenoxy) is 2. The highest BCUT2D eigenvalue weighted by Crippen LogP contribution is 2.37. The number of amides is 1. The van der Waals surface area contributed by atoms with E-state index in [-0.39, 0.29) is 24.1 Å². The Morgan fingerprint density at radius 3 is 2.84 bits per heavy atom. The Morgan fingerprint density at radius 2 is 2.16 bits per heavy atom. The molecule has 3 rings (SSSR count). The van der Waals surface area contributed by atoms with Gasteiger partial charge in [0.2, 0.25) is 0 Å². The molecule has 4 unspecified atom stereocenters. The molecule has 2 fully saturated rings. The van der Waals surface area contributed by atoms with Crippen LogP contribution in [0, 0.1) is 5.92 Å². The Labute approximate surface area is 112 Å². The van der Waals surface area contributed by atoms with E-state index >= 15 is 0 Å². The van der Waals surface area contributed by atoms with Gasteiger partial charge in [0.05, 0.1) is 19.3 Å². The van der Waals surface area contributed by atoms with E-state index in [4.69, 9.17) is 15.2 Å². The lowest BCUT2D eigenvalue weighted by atomic mass is 9.72. The van der Waals surface area contributed by atoms with Crippen molar-refractivity contribution in [2.45, 2.75) is 24.6 Å². The molecule has 1 saturated heterocycles. The van der Waals surface area contributed by atoms with Crippen molar-refractivity contribution in [1.29, 1.82) is 0 Å². The maximum atomic E-state index is 12.1. The Morgan fingerprint density at radius 1 is 1.42 bits per heavy atom. The monoisotopic (exact) mass is 262 g/mol. The quantitative estimate of drug-likeness (QED) is 0.834. The summed E-state index contributed by atoms with van der Waals surface area (Å²) in [6, 6.07) is 6.96. The van der Waals surface area contributed by atoms with E-state index in [2.05, 4.69) is 5.32 Å². The van der Waals surface area contributed by atoms with Gasteiger partial charge in [0.1, 0.15) is 5.75 Å². The molecule has 3 N–H and O–H groups in total. The van der Waals surface area contributed by atoms with Gasteiger partial charge in [-0.3, -0.25) is 4.79 Å². The van der Waals surface area contributed by atoms with E-state index < -0.39 is 0 Å². The zero-order chi connectivity index (χ0) is 13.4. The predicted octanol–water partition coefficient (Wildman–Crippen LogP) is 0.540. The molecule has 1 saturated carbocycles. The first-order chi connectivity index (χ1) is 9.20. The summed E-state index contributed by atoms with van der Waals surface area (Å²) in [5, 5.41) is 2.96. The normalized spacial score (nSPS) is 32.3. The maximum Gasteiger partial charge on any atom is 0.251 e. The fraction of sp³-hybridized carbons (Fsp3) is 0.500. The fourth-order valence-corrected chi connectivity index (χ4v) is 2.90. The second-order valence-corrected chi connectivity index (χ2v) is 5.09. The SMILES string of the molecule is COc1ccc(C(=O)NC2C(N)C3CCOC32)cc1. The number of nitrogens with two attached hydrogens (primary N) is 1. The van der Waals surface area contributed by atoms with Crippen LogP contribution in [0.25, 0.3) is 0 Å². The van der Waals surface area contributed by atoms with Crippen LogP contribution in [0.15, 0.2) is 24.3 Å². The fourth-order valence-electron chi connectivity index (χ4n) is 2.90. The molecule has 4 atom stereocenters. The zero-order valence-corrected chi connectivity index (χ0v) is 10.8. The molecule has 19 heavy (non-hydrogen) atoms. The van der Waals surface area contributed by atoms with Crippen LogP contribution < -0.4 is 15.8 Å². The topological polar surface area (TPSA) is 73.6 Å². The number of hydrogen-bond acceptors (Lipinski definition) is 4. The van der Waals surface area contributed by atoms with Gasteiger partial charge < -0.3 is 20.5 Å². The summed E-state index contributed by atoms with van der Waals surface area (Å²) >= 11 is 0. The van der Waals surface area contributed by atoms with Crippen molar-refractivity contribution in [2.24, 2.45) is 11.7 Å². The molecule has 0 bridgehead atoms. The Balaban J connectivity index is 1.64. The van der Waals surface area contributed by atoms with E-state index in [0.717, 1.165) is 18.8 Å². The van der Waals surface area contributed by atoms with Gasteiger partial charge in [-0.25, -0.2) is 0 Å². The van der Waals surface area contributed by atoms with E-state index in [1.54, 1.807) is 31.4 Å². The highest BCUT2D eigenvalue weighted by molar-refractivity contribution is 5.94. The summed E-state index contributed by atoms with van der Waals surface area (Å²) in [6.07, 6.45) is 1.10. The third kappa shape index (κ3) is 2.09. The first kappa shape index (κ1) is 12.4. The molecule has 1 heterocycles. The van der Waals surface area contributed by atoms with Crippen molar-refractivity contribution in [3.63, 3.8) is 0 Å². The molecule has 1 aliphatic carbocycles. The number of nitrogens with one attached hydrogen (secondary N) is 1. The molecule has 5 nitrogen and oxygen atoms in total. The van der Waals surface area contributed by atoms with E-state index in [0.29, 0.717) is 11.5 Å². The minimum Gasteiger partial charge on any atom is -0.497 e. The van der Waals surface area contributed by atoms with Crippen molar-refractivity contribution in [1.82, 2.24) is 5.32 Å². The zero-order valence-electron chi connectivity index (χ0n) is 10.8. The number of carbonyl (C=O) groups excluding carboxylic acids is 1. The van der Waals surface area contributed by atoms with Crippen LogP contribution >= 0.6 is 0 Å². The van der Waals surface area contributed by atoms with E-state index in [9.17, 15) is 4.79 Å². The molecule has 5 heteroatoms. The maximum absolute atomic E-state index is 12.1. The first-order valence-corrected chi connectivity index (χ1v) is 6.53. The summed E-state index contributed by atoms with van der Waals surface area (Å²) in [5.41, 5.74) is 6.67. The third-order valence-electron chi connectivity index (χ3n) is 4.10. The van der Waals surface area contributed by atoms with Crippen LogP contribution in [0.2, 0.25) is 0 Å². The van der Waals surface area contributed by atoms with Crippen molar-refractivity contribution in [3.05, 3.63) is 29.8 Å². The van der Waals surface area contributed by atoms with E-state index in [1.165, 1.54) is 0 Å². The van der Waals surface area contributed by atoms with Gasteiger partial charge in [0.15, 0.2) is 0 Å². The third-order valence-corrected chi connectivity index (χ3v) is 4.10. The molecule has 1 aromatic carbocycles. The van der Waals surface area contributed by atoms with Crippen LogP contribution in [0.5, 0.6) is 5.75 Å². The minimum atomic E-state index is -0.114. The molecular weight excluding hydrogens is 244 g/mol. The lowest BCUT2D eigenvalue weighted by Gasteiger charge is -2.45. The van der Waals surface area contributed by atoms with Crippen LogP contribution in [0.1, 0.15) is 16.8 Å². The molecule has 0 aromatic heterocycles. The highest BCUT2D eigenvalue weighted by atomic mass is 16.5. The van der Waals surface area contributed by atoms with Crippen molar-refractivity contribution < 1.29 is 14.3 Å². The second kappa shape index (κ2) is 4.83. The molecular formula is C14H18N2O3. The van der Waals surface area contributed by atoms with Gasteiger partial charge in [-0.15, -0.1) is 0 Å². The lowest BCUT2D eigenvalue weighted by Crippen LogP contribution is -2.68. The van der Waals surface area contributed by atoms with Gasteiger partial charge in [-0.05, 0) is 30.7 Å². The molecule has 1 aromatic rings. The van der Waals surface area contributed by atoms with Crippen molar-refractivity contribution in [3.8, 4) is 5.75 Å². The van der Waals surface area contributed by atoms with Crippen LogP contribution in [0.3, 0.4) is 0 Å². The first-order valence-electron chi connectivity index (χ1n) is 6.53. The smallest absolute Gasteiger partial charge is 0.251 e. The molecule has 1 amide bonds. The number of methoxy groups -OCH3 is 1. The molecule has 0 spiro atoms. The molecule has 1 aliphatic heterocycles.